The molecule has 0 aromatic heterocycles. The highest BCUT2D eigenvalue weighted by Gasteiger charge is 2.02. The molecule has 0 saturated heterocycles. The topological polar surface area (TPSA) is 67.8 Å². The van der Waals surface area contributed by atoms with Gasteiger partial charge in [0, 0.05) is 12.3 Å². The molecular formula is C12H17NO4. The fourth-order valence-corrected chi connectivity index (χ4v) is 1.17. The Morgan fingerprint density at radius 2 is 1.88 bits per heavy atom. The first-order valence-electron chi connectivity index (χ1n) is 5.46. The largest absolute Gasteiger partial charge is 0.508 e. The molecule has 0 radical (unpaired) electrons. The maximum atomic E-state index is 11.4. The maximum absolute atomic E-state index is 11.4. The first kappa shape index (κ1) is 13.5. The van der Waals surface area contributed by atoms with Crippen molar-refractivity contribution >= 4 is 11.6 Å². The molecule has 1 aromatic carbocycles. The van der Waals surface area contributed by atoms with Crippen molar-refractivity contribution in [3.8, 4) is 5.75 Å². The van der Waals surface area contributed by atoms with E-state index >= 15 is 0 Å². The monoisotopic (exact) mass is 239 g/mol. The summed E-state index contributed by atoms with van der Waals surface area (Å²) in [7, 11) is 0. The predicted molar refractivity (Wildman–Crippen MR) is 64.0 cm³/mol. The summed E-state index contributed by atoms with van der Waals surface area (Å²) < 4.78 is 10.2. The maximum Gasteiger partial charge on any atom is 0.250 e. The van der Waals surface area contributed by atoms with Crippen LogP contribution in [0.4, 0.5) is 5.69 Å². The van der Waals surface area contributed by atoms with Crippen molar-refractivity contribution in [3.05, 3.63) is 24.3 Å². The van der Waals surface area contributed by atoms with Gasteiger partial charge in [-0.3, -0.25) is 4.79 Å². The van der Waals surface area contributed by atoms with Crippen molar-refractivity contribution in [2.45, 2.75) is 6.92 Å². The molecule has 0 unspecified atom stereocenters. The lowest BCUT2D eigenvalue weighted by molar-refractivity contribution is -0.121. The molecule has 1 amide bonds. The molecule has 0 fully saturated rings. The van der Waals surface area contributed by atoms with Crippen LogP contribution in [-0.2, 0) is 14.3 Å². The van der Waals surface area contributed by atoms with E-state index in [1.165, 1.54) is 12.1 Å². The summed E-state index contributed by atoms with van der Waals surface area (Å²) in [5, 5.41) is 11.7. The molecule has 0 bridgehead atoms. The van der Waals surface area contributed by atoms with Gasteiger partial charge in [-0.25, -0.2) is 0 Å². The first-order chi connectivity index (χ1) is 8.22. The van der Waals surface area contributed by atoms with E-state index in [4.69, 9.17) is 14.6 Å². The van der Waals surface area contributed by atoms with E-state index in [0.29, 0.717) is 25.5 Å². The molecule has 17 heavy (non-hydrogen) atoms. The summed E-state index contributed by atoms with van der Waals surface area (Å²) in [6.45, 7) is 3.42. The molecule has 2 N–H and O–H groups in total. The highest BCUT2D eigenvalue weighted by atomic mass is 16.5. The zero-order chi connectivity index (χ0) is 12.5. The number of hydrogen-bond donors (Lipinski definition) is 2. The van der Waals surface area contributed by atoms with Gasteiger partial charge < -0.3 is 19.9 Å². The standard InChI is InChI=1S/C12H17NO4/c1-2-16-7-8-17-9-12(15)13-10-3-5-11(14)6-4-10/h3-6,14H,2,7-9H2,1H3,(H,13,15). The van der Waals surface area contributed by atoms with Crippen LogP contribution in [0, 0.1) is 0 Å². The molecule has 0 aliphatic carbocycles. The van der Waals surface area contributed by atoms with Gasteiger partial charge in [-0.1, -0.05) is 0 Å². The summed E-state index contributed by atoms with van der Waals surface area (Å²) in [6, 6.07) is 6.25. The highest BCUT2D eigenvalue weighted by molar-refractivity contribution is 5.91. The van der Waals surface area contributed by atoms with E-state index in [1.807, 2.05) is 6.92 Å². The molecule has 0 aliphatic rings. The van der Waals surface area contributed by atoms with Crippen LogP contribution in [0.5, 0.6) is 5.75 Å². The Hall–Kier alpha value is -1.59. The molecule has 0 spiro atoms. The molecule has 0 saturated carbocycles. The highest BCUT2D eigenvalue weighted by Crippen LogP contribution is 2.13. The number of amides is 1. The van der Waals surface area contributed by atoms with Crippen LogP contribution < -0.4 is 5.32 Å². The number of ether oxygens (including phenoxy) is 2. The summed E-state index contributed by atoms with van der Waals surface area (Å²) >= 11 is 0. The third-order valence-electron chi connectivity index (χ3n) is 1.96. The van der Waals surface area contributed by atoms with Gasteiger partial charge in [-0.15, -0.1) is 0 Å². The number of rotatable bonds is 7. The smallest absolute Gasteiger partial charge is 0.250 e. The summed E-state index contributed by atoms with van der Waals surface area (Å²) in [5.41, 5.74) is 0.626. The van der Waals surface area contributed by atoms with Gasteiger partial charge in [-0.05, 0) is 31.2 Å². The molecule has 94 valence electrons. The Morgan fingerprint density at radius 1 is 1.24 bits per heavy atom. The lowest BCUT2D eigenvalue weighted by atomic mass is 10.3. The van der Waals surface area contributed by atoms with Gasteiger partial charge in [-0.2, -0.15) is 0 Å². The van der Waals surface area contributed by atoms with Gasteiger partial charge in [0.2, 0.25) is 5.91 Å². The van der Waals surface area contributed by atoms with E-state index in [2.05, 4.69) is 5.32 Å². The molecular weight excluding hydrogens is 222 g/mol. The van der Waals surface area contributed by atoms with Crippen molar-refractivity contribution in [2.24, 2.45) is 0 Å². The fourth-order valence-electron chi connectivity index (χ4n) is 1.17. The minimum absolute atomic E-state index is 0.00600. The minimum Gasteiger partial charge on any atom is -0.508 e. The van der Waals surface area contributed by atoms with Crippen LogP contribution in [0.25, 0.3) is 0 Å². The Bertz CT molecular complexity index is 337. The second-order valence-corrected chi connectivity index (χ2v) is 3.34. The number of hydrogen-bond acceptors (Lipinski definition) is 4. The van der Waals surface area contributed by atoms with Crippen molar-refractivity contribution in [1.29, 1.82) is 0 Å². The average molecular weight is 239 g/mol. The number of aromatic hydroxyl groups is 1. The number of carbonyl (C=O) groups is 1. The number of anilines is 1. The molecule has 5 heteroatoms. The van der Waals surface area contributed by atoms with Crippen molar-refractivity contribution in [3.63, 3.8) is 0 Å². The van der Waals surface area contributed by atoms with Crippen molar-refractivity contribution < 1.29 is 19.4 Å². The number of carbonyl (C=O) groups excluding carboxylic acids is 1. The summed E-state index contributed by atoms with van der Waals surface area (Å²) in [4.78, 5) is 11.4. The third kappa shape index (κ3) is 5.89. The number of phenolic OH excluding ortho intramolecular Hbond substituents is 1. The minimum atomic E-state index is -0.229. The SMILES string of the molecule is CCOCCOCC(=O)Nc1ccc(O)cc1. The number of nitrogens with one attached hydrogen (secondary N) is 1. The Morgan fingerprint density at radius 3 is 2.53 bits per heavy atom. The predicted octanol–water partition coefficient (Wildman–Crippen LogP) is 1.38. The lowest BCUT2D eigenvalue weighted by Crippen LogP contribution is -2.19. The van der Waals surface area contributed by atoms with E-state index in [-0.39, 0.29) is 18.3 Å². The van der Waals surface area contributed by atoms with Gasteiger partial charge in [0.05, 0.1) is 13.2 Å². The Labute approximate surface area is 100 Å². The zero-order valence-corrected chi connectivity index (χ0v) is 9.81. The summed E-state index contributed by atoms with van der Waals surface area (Å²) in [6.07, 6.45) is 0. The van der Waals surface area contributed by atoms with Gasteiger partial charge in [0.25, 0.3) is 0 Å². The normalized spacial score (nSPS) is 10.2. The number of phenols is 1. The second-order valence-electron chi connectivity index (χ2n) is 3.34. The van der Waals surface area contributed by atoms with Gasteiger partial charge in [0.1, 0.15) is 12.4 Å². The lowest BCUT2D eigenvalue weighted by Gasteiger charge is -2.06. The van der Waals surface area contributed by atoms with Gasteiger partial charge in [0.15, 0.2) is 0 Å². The van der Waals surface area contributed by atoms with E-state index in [1.54, 1.807) is 12.1 Å². The fraction of sp³-hybridized carbons (Fsp3) is 0.417. The van der Waals surface area contributed by atoms with Crippen LogP contribution in [-0.4, -0.2) is 37.4 Å². The van der Waals surface area contributed by atoms with E-state index in [0.717, 1.165) is 0 Å². The first-order valence-corrected chi connectivity index (χ1v) is 5.46. The molecule has 5 nitrogen and oxygen atoms in total. The molecule has 1 aromatic rings. The molecule has 0 atom stereocenters. The van der Waals surface area contributed by atoms with E-state index < -0.39 is 0 Å². The van der Waals surface area contributed by atoms with Crippen molar-refractivity contribution in [2.75, 3.05) is 31.7 Å². The third-order valence-corrected chi connectivity index (χ3v) is 1.96. The zero-order valence-electron chi connectivity index (χ0n) is 9.81. The van der Waals surface area contributed by atoms with Gasteiger partial charge >= 0.3 is 0 Å². The average Bonchev–Trinajstić information content (AvgIpc) is 2.32. The van der Waals surface area contributed by atoms with Crippen LogP contribution in [0.2, 0.25) is 0 Å². The summed E-state index contributed by atoms with van der Waals surface area (Å²) in [5.74, 6) is -0.0665. The van der Waals surface area contributed by atoms with E-state index in [9.17, 15) is 4.79 Å². The van der Waals surface area contributed by atoms with Crippen LogP contribution in [0.15, 0.2) is 24.3 Å². The van der Waals surface area contributed by atoms with Crippen LogP contribution in [0.3, 0.4) is 0 Å². The van der Waals surface area contributed by atoms with Crippen LogP contribution in [0.1, 0.15) is 6.92 Å². The molecule has 1 rings (SSSR count). The number of benzene rings is 1. The van der Waals surface area contributed by atoms with Crippen molar-refractivity contribution in [1.82, 2.24) is 0 Å². The second kappa shape index (κ2) is 7.65. The quantitative estimate of drug-likeness (QED) is 0.557. The molecule has 0 heterocycles. The van der Waals surface area contributed by atoms with Crippen LogP contribution >= 0.6 is 0 Å². The Kier molecular flexibility index (Phi) is 6.06. The molecule has 0 aliphatic heterocycles. The Balaban J connectivity index is 2.18.